The normalized spacial score (nSPS) is 10.6. The number of aromatic nitrogens is 1. The Morgan fingerprint density at radius 2 is 1.78 bits per heavy atom. The first-order valence-corrected chi connectivity index (χ1v) is 7.74. The predicted octanol–water partition coefficient (Wildman–Crippen LogP) is 4.46. The molecule has 0 fully saturated rings. The van der Waals surface area contributed by atoms with Gasteiger partial charge in [0.1, 0.15) is 11.4 Å². The van der Waals surface area contributed by atoms with Gasteiger partial charge in [0, 0.05) is 9.86 Å². The molecule has 4 nitrogen and oxygen atoms in total. The van der Waals surface area contributed by atoms with Gasteiger partial charge in [-0.05, 0) is 47.5 Å². The smallest absolute Gasteiger partial charge is 0.356 e. The van der Waals surface area contributed by atoms with Gasteiger partial charge in [-0.25, -0.2) is 9.78 Å². The molecular weight excluding hydrogens is 358 g/mol. The summed E-state index contributed by atoms with van der Waals surface area (Å²) >= 11 is 3.43. The Balaban J connectivity index is 2.30. The lowest BCUT2D eigenvalue weighted by atomic mass is 10.00. The van der Waals surface area contributed by atoms with Gasteiger partial charge < -0.3 is 9.47 Å². The fourth-order valence-electron chi connectivity index (χ4n) is 2.41. The van der Waals surface area contributed by atoms with Gasteiger partial charge in [0.25, 0.3) is 0 Å². The van der Waals surface area contributed by atoms with Gasteiger partial charge >= 0.3 is 5.97 Å². The molecule has 0 unspecified atom stereocenters. The van der Waals surface area contributed by atoms with Gasteiger partial charge in [-0.15, -0.1) is 0 Å². The predicted molar refractivity (Wildman–Crippen MR) is 92.8 cm³/mol. The quantitative estimate of drug-likeness (QED) is 0.637. The number of rotatable bonds is 3. The second-order valence-electron chi connectivity index (χ2n) is 4.94. The number of ether oxygens (including phenoxy) is 2. The van der Waals surface area contributed by atoms with Crippen molar-refractivity contribution >= 4 is 32.8 Å². The van der Waals surface area contributed by atoms with Crippen LogP contribution in [0.2, 0.25) is 0 Å². The van der Waals surface area contributed by atoms with Crippen molar-refractivity contribution in [3.05, 3.63) is 58.7 Å². The summed E-state index contributed by atoms with van der Waals surface area (Å²) in [5, 5.41) is 0.916. The van der Waals surface area contributed by atoms with Crippen LogP contribution < -0.4 is 4.74 Å². The fourth-order valence-corrected chi connectivity index (χ4v) is 2.67. The zero-order valence-electron chi connectivity index (χ0n) is 12.7. The molecule has 0 spiro atoms. The number of carbonyl (C=O) groups is 1. The molecule has 23 heavy (non-hydrogen) atoms. The van der Waals surface area contributed by atoms with Crippen molar-refractivity contribution in [2.45, 2.75) is 0 Å². The molecule has 1 heterocycles. The minimum atomic E-state index is -0.457. The number of esters is 1. The number of nitrogens with zero attached hydrogens (tertiary/aromatic N) is 1. The number of pyridine rings is 1. The lowest BCUT2D eigenvalue weighted by Gasteiger charge is -2.10. The fraction of sp³-hybridized carbons (Fsp3) is 0.111. The monoisotopic (exact) mass is 371 g/mol. The zero-order chi connectivity index (χ0) is 16.4. The van der Waals surface area contributed by atoms with E-state index in [9.17, 15) is 4.79 Å². The van der Waals surface area contributed by atoms with Crippen LogP contribution in [0, 0.1) is 0 Å². The van der Waals surface area contributed by atoms with Crippen molar-refractivity contribution in [2.75, 3.05) is 14.2 Å². The first kappa shape index (κ1) is 15.5. The van der Waals surface area contributed by atoms with Crippen molar-refractivity contribution in [2.24, 2.45) is 0 Å². The lowest BCUT2D eigenvalue weighted by molar-refractivity contribution is 0.0594. The Hall–Kier alpha value is -2.40. The van der Waals surface area contributed by atoms with Gasteiger partial charge in [-0.2, -0.15) is 0 Å². The van der Waals surface area contributed by atoms with E-state index in [1.165, 1.54) is 7.11 Å². The summed E-state index contributed by atoms with van der Waals surface area (Å²) in [5.41, 5.74) is 2.88. The molecule has 0 saturated carbocycles. The second kappa shape index (κ2) is 6.38. The highest BCUT2D eigenvalue weighted by molar-refractivity contribution is 9.10. The molecule has 0 aliphatic heterocycles. The number of benzene rings is 2. The molecule has 0 atom stereocenters. The van der Waals surface area contributed by atoms with E-state index >= 15 is 0 Å². The molecule has 5 heteroatoms. The third kappa shape index (κ3) is 3.05. The summed E-state index contributed by atoms with van der Waals surface area (Å²) in [5.74, 6) is 0.282. The summed E-state index contributed by atoms with van der Waals surface area (Å²) in [7, 11) is 2.97. The third-order valence-electron chi connectivity index (χ3n) is 3.57. The van der Waals surface area contributed by atoms with Gasteiger partial charge in [-0.3, -0.25) is 0 Å². The van der Waals surface area contributed by atoms with Crippen LogP contribution in [0.3, 0.4) is 0 Å². The standard InChI is InChI=1S/C18H14BrNO3/c1-22-13-7-8-16-15(9-13)14(10-17(20-16)18(21)23-2)11-3-5-12(19)6-4-11/h3-10H,1-2H3. The minimum Gasteiger partial charge on any atom is -0.497 e. The van der Waals surface area contributed by atoms with Crippen LogP contribution in [0.1, 0.15) is 10.5 Å². The molecule has 3 rings (SSSR count). The van der Waals surface area contributed by atoms with Crippen LogP contribution in [0.25, 0.3) is 22.0 Å². The Morgan fingerprint density at radius 3 is 2.43 bits per heavy atom. The second-order valence-corrected chi connectivity index (χ2v) is 5.85. The number of carbonyl (C=O) groups excluding carboxylic acids is 1. The highest BCUT2D eigenvalue weighted by atomic mass is 79.9. The largest absolute Gasteiger partial charge is 0.497 e. The number of methoxy groups -OCH3 is 2. The molecule has 116 valence electrons. The molecular formula is C18H14BrNO3. The Labute approximate surface area is 142 Å². The van der Waals surface area contributed by atoms with E-state index in [1.54, 1.807) is 13.2 Å². The van der Waals surface area contributed by atoms with Crippen LogP contribution >= 0.6 is 15.9 Å². The van der Waals surface area contributed by atoms with E-state index in [1.807, 2.05) is 42.5 Å². The molecule has 0 radical (unpaired) electrons. The van der Waals surface area contributed by atoms with Crippen molar-refractivity contribution in [1.82, 2.24) is 4.98 Å². The summed E-state index contributed by atoms with van der Waals surface area (Å²) in [4.78, 5) is 16.3. The molecule has 1 aromatic heterocycles. The summed E-state index contributed by atoms with van der Waals surface area (Å²) in [6.07, 6.45) is 0. The minimum absolute atomic E-state index is 0.281. The number of halogens is 1. The topological polar surface area (TPSA) is 48.4 Å². The lowest BCUT2D eigenvalue weighted by Crippen LogP contribution is -2.05. The van der Waals surface area contributed by atoms with Crippen LogP contribution in [0.4, 0.5) is 0 Å². The molecule has 0 aliphatic carbocycles. The SMILES string of the molecule is COC(=O)c1cc(-c2ccc(Br)cc2)c2cc(OC)ccc2n1. The Morgan fingerprint density at radius 1 is 1.04 bits per heavy atom. The molecule has 0 N–H and O–H groups in total. The van der Waals surface area contributed by atoms with Gasteiger partial charge in [0.2, 0.25) is 0 Å². The van der Waals surface area contributed by atoms with E-state index in [4.69, 9.17) is 9.47 Å². The summed E-state index contributed by atoms with van der Waals surface area (Å²) in [6.45, 7) is 0. The molecule has 0 saturated heterocycles. The molecule has 2 aromatic carbocycles. The number of hydrogen-bond donors (Lipinski definition) is 0. The van der Waals surface area contributed by atoms with Crippen LogP contribution in [0.15, 0.2) is 53.0 Å². The maximum Gasteiger partial charge on any atom is 0.356 e. The maximum atomic E-state index is 11.9. The molecule has 3 aromatic rings. The average Bonchev–Trinajstić information content (AvgIpc) is 2.60. The highest BCUT2D eigenvalue weighted by Gasteiger charge is 2.14. The third-order valence-corrected chi connectivity index (χ3v) is 4.09. The first-order chi connectivity index (χ1) is 11.1. The van der Waals surface area contributed by atoms with Gasteiger partial charge in [0.15, 0.2) is 0 Å². The summed E-state index contributed by atoms with van der Waals surface area (Å²) < 4.78 is 11.1. The van der Waals surface area contributed by atoms with Crippen molar-refractivity contribution in [3.63, 3.8) is 0 Å². The molecule has 0 amide bonds. The van der Waals surface area contributed by atoms with Crippen LogP contribution in [-0.4, -0.2) is 25.2 Å². The van der Waals surface area contributed by atoms with Gasteiger partial charge in [0.05, 0.1) is 19.7 Å². The maximum absolute atomic E-state index is 11.9. The zero-order valence-corrected chi connectivity index (χ0v) is 14.3. The van der Waals surface area contributed by atoms with Gasteiger partial charge in [-0.1, -0.05) is 28.1 Å². The van der Waals surface area contributed by atoms with Crippen molar-refractivity contribution < 1.29 is 14.3 Å². The van der Waals surface area contributed by atoms with Crippen molar-refractivity contribution in [1.29, 1.82) is 0 Å². The first-order valence-electron chi connectivity index (χ1n) is 6.95. The van der Waals surface area contributed by atoms with Crippen LogP contribution in [-0.2, 0) is 4.74 Å². The molecule has 0 aliphatic rings. The number of fused-ring (bicyclic) bond motifs is 1. The van der Waals surface area contributed by atoms with E-state index in [2.05, 4.69) is 20.9 Å². The Kier molecular flexibility index (Phi) is 4.30. The highest BCUT2D eigenvalue weighted by Crippen LogP contribution is 2.32. The van der Waals surface area contributed by atoms with E-state index < -0.39 is 5.97 Å². The van der Waals surface area contributed by atoms with E-state index in [-0.39, 0.29) is 5.69 Å². The van der Waals surface area contributed by atoms with Crippen molar-refractivity contribution in [3.8, 4) is 16.9 Å². The van der Waals surface area contributed by atoms with Crippen LogP contribution in [0.5, 0.6) is 5.75 Å². The van der Waals surface area contributed by atoms with E-state index in [0.29, 0.717) is 5.52 Å². The average molecular weight is 372 g/mol. The summed E-state index contributed by atoms with van der Waals surface area (Å²) in [6, 6.07) is 15.2. The molecule has 0 bridgehead atoms. The Bertz CT molecular complexity index is 875. The number of hydrogen-bond acceptors (Lipinski definition) is 4. The van der Waals surface area contributed by atoms with E-state index in [0.717, 1.165) is 26.7 Å².